The van der Waals surface area contributed by atoms with Gasteiger partial charge in [0.05, 0.1) is 0 Å². The van der Waals surface area contributed by atoms with Crippen LogP contribution in [0.2, 0.25) is 0 Å². The molecular weight excluding hydrogens is 386 g/mol. The fourth-order valence-corrected chi connectivity index (χ4v) is 4.89. The van der Waals surface area contributed by atoms with Crippen LogP contribution in [0.25, 0.3) is 5.13 Å². The normalized spacial score (nSPS) is 18.9. The van der Waals surface area contributed by atoms with Gasteiger partial charge < -0.3 is 15.1 Å². The molecule has 2 aliphatic heterocycles. The van der Waals surface area contributed by atoms with Gasteiger partial charge in [-0.1, -0.05) is 18.3 Å². The van der Waals surface area contributed by atoms with Gasteiger partial charge in [-0.2, -0.15) is 0 Å². The van der Waals surface area contributed by atoms with Crippen LogP contribution in [0.5, 0.6) is 0 Å². The largest absolute Gasteiger partial charge is 0.349 e. The van der Waals surface area contributed by atoms with Crippen molar-refractivity contribution in [2.75, 3.05) is 63.8 Å². The molecule has 0 saturated carbocycles. The van der Waals surface area contributed by atoms with Crippen LogP contribution in [-0.4, -0.2) is 89.4 Å². The minimum Gasteiger partial charge on any atom is -0.349 e. The Balaban J connectivity index is 1.32. The summed E-state index contributed by atoms with van der Waals surface area (Å²) >= 11 is 1.55. The SMILES string of the molecule is CCN1CCN(CCNC(=O)c2cccn2-c2nnc(N3CCCCC3)s2)CC1. The summed E-state index contributed by atoms with van der Waals surface area (Å²) in [6.45, 7) is 11.3. The summed E-state index contributed by atoms with van der Waals surface area (Å²) < 4.78 is 1.85. The zero-order valence-electron chi connectivity index (χ0n) is 17.2. The van der Waals surface area contributed by atoms with Gasteiger partial charge in [-0.05, 0) is 37.9 Å². The van der Waals surface area contributed by atoms with Crippen LogP contribution in [-0.2, 0) is 0 Å². The first kappa shape index (κ1) is 20.3. The predicted octanol–water partition coefficient (Wildman–Crippen LogP) is 1.69. The van der Waals surface area contributed by atoms with E-state index < -0.39 is 0 Å². The molecule has 0 aliphatic carbocycles. The van der Waals surface area contributed by atoms with Crippen molar-refractivity contribution in [2.24, 2.45) is 0 Å². The second kappa shape index (κ2) is 9.69. The first-order chi connectivity index (χ1) is 14.2. The quantitative estimate of drug-likeness (QED) is 0.739. The molecule has 29 heavy (non-hydrogen) atoms. The van der Waals surface area contributed by atoms with E-state index in [0.717, 1.165) is 62.6 Å². The third-order valence-electron chi connectivity index (χ3n) is 5.84. The maximum Gasteiger partial charge on any atom is 0.268 e. The number of nitrogens with one attached hydrogen (secondary N) is 1. The van der Waals surface area contributed by atoms with E-state index in [0.29, 0.717) is 12.2 Å². The number of hydrogen-bond donors (Lipinski definition) is 1. The average molecular weight is 418 g/mol. The molecule has 0 radical (unpaired) electrons. The number of anilines is 1. The van der Waals surface area contributed by atoms with E-state index >= 15 is 0 Å². The van der Waals surface area contributed by atoms with Crippen LogP contribution in [0, 0.1) is 0 Å². The van der Waals surface area contributed by atoms with E-state index in [1.807, 2.05) is 22.9 Å². The van der Waals surface area contributed by atoms with E-state index in [4.69, 9.17) is 0 Å². The molecule has 2 aliphatic rings. The van der Waals surface area contributed by atoms with E-state index in [1.165, 1.54) is 19.3 Å². The summed E-state index contributed by atoms with van der Waals surface area (Å²) in [5.74, 6) is -0.0584. The molecule has 158 valence electrons. The minimum atomic E-state index is -0.0584. The molecule has 1 N–H and O–H groups in total. The molecule has 9 heteroatoms. The van der Waals surface area contributed by atoms with Crippen molar-refractivity contribution in [3.05, 3.63) is 24.0 Å². The zero-order valence-corrected chi connectivity index (χ0v) is 18.0. The van der Waals surface area contributed by atoms with E-state index in [-0.39, 0.29) is 5.91 Å². The maximum atomic E-state index is 12.7. The second-order valence-electron chi connectivity index (χ2n) is 7.71. The lowest BCUT2D eigenvalue weighted by atomic mass is 10.1. The molecule has 0 atom stereocenters. The molecule has 0 spiro atoms. The number of nitrogens with zero attached hydrogens (tertiary/aromatic N) is 6. The van der Waals surface area contributed by atoms with Crippen molar-refractivity contribution in [3.8, 4) is 5.13 Å². The number of likely N-dealkylation sites (N-methyl/N-ethyl adjacent to an activating group) is 1. The molecule has 4 heterocycles. The Labute approximate surface area is 176 Å². The summed E-state index contributed by atoms with van der Waals surface area (Å²) in [6, 6.07) is 3.73. The monoisotopic (exact) mass is 417 g/mol. The Morgan fingerprint density at radius 1 is 1.03 bits per heavy atom. The van der Waals surface area contributed by atoms with E-state index in [9.17, 15) is 4.79 Å². The summed E-state index contributed by atoms with van der Waals surface area (Å²) in [7, 11) is 0. The number of piperidine rings is 1. The number of carbonyl (C=O) groups is 1. The first-order valence-corrected chi connectivity index (χ1v) is 11.6. The molecule has 4 rings (SSSR count). The van der Waals surface area contributed by atoms with E-state index in [2.05, 4.69) is 37.1 Å². The van der Waals surface area contributed by atoms with Gasteiger partial charge in [0.25, 0.3) is 5.91 Å². The highest BCUT2D eigenvalue weighted by Gasteiger charge is 2.19. The van der Waals surface area contributed by atoms with Gasteiger partial charge in [-0.15, -0.1) is 10.2 Å². The highest BCUT2D eigenvalue weighted by molar-refractivity contribution is 7.17. The summed E-state index contributed by atoms with van der Waals surface area (Å²) in [5, 5.41) is 13.5. The molecule has 1 amide bonds. The highest BCUT2D eigenvalue weighted by Crippen LogP contribution is 2.26. The lowest BCUT2D eigenvalue weighted by molar-refractivity contribution is 0.0931. The Morgan fingerprint density at radius 3 is 2.52 bits per heavy atom. The smallest absolute Gasteiger partial charge is 0.268 e. The number of hydrogen-bond acceptors (Lipinski definition) is 7. The predicted molar refractivity (Wildman–Crippen MR) is 116 cm³/mol. The van der Waals surface area contributed by atoms with Crippen LogP contribution >= 0.6 is 11.3 Å². The Bertz CT molecular complexity index is 790. The van der Waals surface area contributed by atoms with Gasteiger partial charge >= 0.3 is 0 Å². The van der Waals surface area contributed by atoms with Crippen molar-refractivity contribution < 1.29 is 4.79 Å². The van der Waals surface area contributed by atoms with Crippen LogP contribution in [0.4, 0.5) is 5.13 Å². The Morgan fingerprint density at radius 2 is 1.76 bits per heavy atom. The molecule has 8 nitrogen and oxygen atoms in total. The average Bonchev–Trinajstić information content (AvgIpc) is 3.44. The van der Waals surface area contributed by atoms with Gasteiger partial charge in [-0.3, -0.25) is 14.3 Å². The molecule has 2 aromatic rings. The minimum absolute atomic E-state index is 0.0584. The fraction of sp³-hybridized carbons (Fsp3) is 0.650. The fourth-order valence-electron chi connectivity index (χ4n) is 4.00. The number of amides is 1. The number of piperazine rings is 1. The molecule has 0 bridgehead atoms. The summed E-state index contributed by atoms with van der Waals surface area (Å²) in [5.41, 5.74) is 0.613. The Kier molecular flexibility index (Phi) is 6.78. The van der Waals surface area contributed by atoms with Crippen molar-refractivity contribution in [1.29, 1.82) is 0 Å². The second-order valence-corrected chi connectivity index (χ2v) is 8.64. The van der Waals surface area contributed by atoms with Gasteiger partial charge in [0.2, 0.25) is 10.3 Å². The van der Waals surface area contributed by atoms with Gasteiger partial charge in [0.15, 0.2) is 0 Å². The third-order valence-corrected chi connectivity index (χ3v) is 6.83. The molecule has 0 aromatic carbocycles. The number of aromatic nitrogens is 3. The van der Waals surface area contributed by atoms with Crippen LogP contribution in [0.15, 0.2) is 18.3 Å². The first-order valence-electron chi connectivity index (χ1n) is 10.7. The molecule has 0 unspecified atom stereocenters. The third kappa shape index (κ3) is 4.96. The van der Waals surface area contributed by atoms with Crippen molar-refractivity contribution in [3.63, 3.8) is 0 Å². The highest BCUT2D eigenvalue weighted by atomic mass is 32.1. The molecule has 2 saturated heterocycles. The van der Waals surface area contributed by atoms with E-state index in [1.54, 1.807) is 11.3 Å². The Hall–Kier alpha value is -1.97. The lowest BCUT2D eigenvalue weighted by Crippen LogP contribution is -2.48. The van der Waals surface area contributed by atoms with Gasteiger partial charge in [0, 0.05) is 58.6 Å². The van der Waals surface area contributed by atoms with Crippen molar-refractivity contribution in [2.45, 2.75) is 26.2 Å². The summed E-state index contributed by atoms with van der Waals surface area (Å²) in [6.07, 6.45) is 5.59. The lowest BCUT2D eigenvalue weighted by Gasteiger charge is -2.33. The summed E-state index contributed by atoms with van der Waals surface area (Å²) in [4.78, 5) is 19.9. The van der Waals surface area contributed by atoms with Gasteiger partial charge in [-0.25, -0.2) is 0 Å². The molecule has 2 fully saturated rings. The number of rotatable bonds is 7. The molecule has 2 aromatic heterocycles. The van der Waals surface area contributed by atoms with Gasteiger partial charge in [0.1, 0.15) is 5.69 Å². The van der Waals surface area contributed by atoms with Crippen LogP contribution < -0.4 is 10.2 Å². The topological polar surface area (TPSA) is 69.5 Å². The molecular formula is C20H31N7OS. The zero-order chi connectivity index (χ0) is 20.1. The van der Waals surface area contributed by atoms with Crippen molar-refractivity contribution in [1.82, 2.24) is 29.9 Å². The maximum absolute atomic E-state index is 12.7. The van der Waals surface area contributed by atoms with Crippen LogP contribution in [0.1, 0.15) is 36.7 Å². The van der Waals surface area contributed by atoms with Crippen LogP contribution in [0.3, 0.4) is 0 Å². The number of carbonyl (C=O) groups excluding carboxylic acids is 1. The van der Waals surface area contributed by atoms with Crippen molar-refractivity contribution >= 4 is 22.4 Å². The standard InChI is InChI=1S/C20H31N7OS/c1-2-24-13-15-25(16-14-24)12-8-21-18(28)17-7-6-11-27(17)20-23-22-19(29-20)26-9-4-3-5-10-26/h6-7,11H,2-5,8-10,12-16H2,1H3,(H,21,28).